The normalized spacial score (nSPS) is 12.2. The van der Waals surface area contributed by atoms with Crippen LogP contribution in [-0.2, 0) is 26.0 Å². The zero-order chi connectivity index (χ0) is 23.9. The van der Waals surface area contributed by atoms with E-state index in [0.717, 1.165) is 27.3 Å². The molecule has 0 aliphatic rings. The van der Waals surface area contributed by atoms with Gasteiger partial charge in [-0.2, -0.15) is 0 Å². The predicted molar refractivity (Wildman–Crippen MR) is 128 cm³/mol. The van der Waals surface area contributed by atoms with Gasteiger partial charge in [0.2, 0.25) is 21.8 Å². The third-order valence-corrected chi connectivity index (χ3v) is 6.71. The van der Waals surface area contributed by atoms with Gasteiger partial charge in [0, 0.05) is 13.6 Å². The van der Waals surface area contributed by atoms with Crippen LogP contribution in [0.5, 0.6) is 0 Å². The SMILES string of the molecule is CC[C@@H](C(=O)NC)N(CCc1ccccc1)C(=O)CN(c1ccc(C)c(C)c1)S(C)(=O)=O. The Hall–Kier alpha value is -2.87. The second-order valence-electron chi connectivity index (χ2n) is 7.90. The molecule has 1 atom stereocenters. The van der Waals surface area contributed by atoms with Crippen molar-refractivity contribution in [2.24, 2.45) is 0 Å². The Morgan fingerprint density at radius 1 is 1.03 bits per heavy atom. The van der Waals surface area contributed by atoms with E-state index in [2.05, 4.69) is 5.32 Å². The van der Waals surface area contributed by atoms with Crippen molar-refractivity contribution in [2.75, 3.05) is 30.7 Å². The lowest BCUT2D eigenvalue weighted by molar-refractivity contribution is -0.139. The molecule has 32 heavy (non-hydrogen) atoms. The maximum absolute atomic E-state index is 13.4. The Morgan fingerprint density at radius 3 is 2.22 bits per heavy atom. The van der Waals surface area contributed by atoms with Crippen LogP contribution in [0.2, 0.25) is 0 Å². The number of sulfonamides is 1. The zero-order valence-corrected chi connectivity index (χ0v) is 20.3. The summed E-state index contributed by atoms with van der Waals surface area (Å²) in [6, 6.07) is 14.3. The summed E-state index contributed by atoms with van der Waals surface area (Å²) < 4.78 is 26.2. The van der Waals surface area contributed by atoms with Crippen LogP contribution in [0.25, 0.3) is 0 Å². The molecule has 0 unspecified atom stereocenters. The summed E-state index contributed by atoms with van der Waals surface area (Å²) in [5.41, 5.74) is 3.43. The molecule has 0 saturated heterocycles. The van der Waals surface area contributed by atoms with Crippen molar-refractivity contribution in [1.29, 1.82) is 0 Å². The standard InChI is InChI=1S/C24H33N3O4S/c1-6-22(24(29)25-4)26(15-14-20-10-8-7-9-11-20)23(28)17-27(32(5,30)31)21-13-12-18(2)19(3)16-21/h7-13,16,22H,6,14-15,17H2,1-5H3,(H,25,29)/t22-/m0/s1. The summed E-state index contributed by atoms with van der Waals surface area (Å²) in [6.45, 7) is 5.60. The summed E-state index contributed by atoms with van der Waals surface area (Å²) in [5, 5.41) is 2.61. The molecule has 1 N–H and O–H groups in total. The number of aryl methyl sites for hydroxylation is 2. The first-order valence-corrected chi connectivity index (χ1v) is 12.5. The topological polar surface area (TPSA) is 86.8 Å². The summed E-state index contributed by atoms with van der Waals surface area (Å²) in [4.78, 5) is 27.4. The van der Waals surface area contributed by atoms with Crippen molar-refractivity contribution < 1.29 is 18.0 Å². The van der Waals surface area contributed by atoms with Crippen molar-refractivity contribution >= 4 is 27.5 Å². The van der Waals surface area contributed by atoms with Gasteiger partial charge in [-0.15, -0.1) is 0 Å². The van der Waals surface area contributed by atoms with Crippen molar-refractivity contribution in [1.82, 2.24) is 10.2 Å². The van der Waals surface area contributed by atoms with Gasteiger partial charge in [0.1, 0.15) is 12.6 Å². The van der Waals surface area contributed by atoms with Crippen molar-refractivity contribution in [3.8, 4) is 0 Å². The van der Waals surface area contributed by atoms with Crippen molar-refractivity contribution in [3.63, 3.8) is 0 Å². The fraction of sp³-hybridized carbons (Fsp3) is 0.417. The molecule has 0 heterocycles. The molecule has 0 aliphatic heterocycles. The number of anilines is 1. The monoisotopic (exact) mass is 459 g/mol. The van der Waals surface area contributed by atoms with Crippen LogP contribution in [0.1, 0.15) is 30.0 Å². The van der Waals surface area contributed by atoms with Gasteiger partial charge in [-0.25, -0.2) is 8.42 Å². The number of hydrogen-bond donors (Lipinski definition) is 1. The molecule has 0 saturated carbocycles. The minimum Gasteiger partial charge on any atom is -0.357 e. The van der Waals surface area contributed by atoms with E-state index in [1.165, 1.54) is 11.9 Å². The highest BCUT2D eigenvalue weighted by atomic mass is 32.2. The van der Waals surface area contributed by atoms with E-state index >= 15 is 0 Å². The van der Waals surface area contributed by atoms with Gasteiger partial charge < -0.3 is 10.2 Å². The van der Waals surface area contributed by atoms with E-state index in [4.69, 9.17) is 0 Å². The number of hydrogen-bond acceptors (Lipinski definition) is 4. The van der Waals surface area contributed by atoms with E-state index in [0.29, 0.717) is 25.1 Å². The van der Waals surface area contributed by atoms with E-state index in [-0.39, 0.29) is 12.5 Å². The molecule has 0 fully saturated rings. The number of nitrogens with one attached hydrogen (secondary N) is 1. The maximum Gasteiger partial charge on any atom is 0.244 e. The molecule has 2 aromatic rings. The highest BCUT2D eigenvalue weighted by Gasteiger charge is 2.31. The first-order chi connectivity index (χ1) is 15.1. The number of carbonyl (C=O) groups is 2. The Bertz CT molecular complexity index is 1040. The molecule has 2 amide bonds. The van der Waals surface area contributed by atoms with Crippen LogP contribution in [0.15, 0.2) is 48.5 Å². The van der Waals surface area contributed by atoms with Gasteiger partial charge in [-0.1, -0.05) is 43.3 Å². The molecule has 8 heteroatoms. The summed E-state index contributed by atoms with van der Waals surface area (Å²) >= 11 is 0. The van der Waals surface area contributed by atoms with E-state index in [9.17, 15) is 18.0 Å². The zero-order valence-electron chi connectivity index (χ0n) is 19.5. The van der Waals surface area contributed by atoms with E-state index in [1.807, 2.05) is 57.2 Å². The second kappa shape index (κ2) is 11.1. The molecule has 0 aromatic heterocycles. The lowest BCUT2D eigenvalue weighted by Crippen LogP contribution is -2.52. The van der Waals surface area contributed by atoms with Gasteiger partial charge >= 0.3 is 0 Å². The Labute approximate surface area is 191 Å². The molecule has 0 radical (unpaired) electrons. The van der Waals surface area contributed by atoms with Crippen LogP contribution in [0.4, 0.5) is 5.69 Å². The van der Waals surface area contributed by atoms with Gasteiger partial charge in [-0.3, -0.25) is 13.9 Å². The number of carbonyl (C=O) groups excluding carboxylic acids is 2. The third-order valence-electron chi connectivity index (χ3n) is 5.57. The quantitative estimate of drug-likeness (QED) is 0.592. The summed E-state index contributed by atoms with van der Waals surface area (Å²) in [5.74, 6) is -0.689. The largest absolute Gasteiger partial charge is 0.357 e. The van der Waals surface area contributed by atoms with Crippen LogP contribution in [0.3, 0.4) is 0 Å². The lowest BCUT2D eigenvalue weighted by atomic mass is 10.1. The first-order valence-electron chi connectivity index (χ1n) is 10.7. The average molecular weight is 460 g/mol. The average Bonchev–Trinajstić information content (AvgIpc) is 2.76. The van der Waals surface area contributed by atoms with Crippen molar-refractivity contribution in [3.05, 3.63) is 65.2 Å². The smallest absolute Gasteiger partial charge is 0.244 e. The number of rotatable bonds is 10. The molecule has 174 valence electrons. The molecule has 2 aromatic carbocycles. The van der Waals surface area contributed by atoms with E-state index < -0.39 is 22.0 Å². The molecule has 0 spiro atoms. The molecule has 0 aliphatic carbocycles. The predicted octanol–water partition coefficient (Wildman–Crippen LogP) is 2.67. The van der Waals surface area contributed by atoms with Gasteiger partial charge in [-0.05, 0) is 55.5 Å². The summed E-state index contributed by atoms with van der Waals surface area (Å²) in [6.07, 6.45) is 2.06. The van der Waals surface area contributed by atoms with Gasteiger partial charge in [0.25, 0.3) is 0 Å². The minimum absolute atomic E-state index is 0.272. The highest BCUT2D eigenvalue weighted by Crippen LogP contribution is 2.22. The number of likely N-dealkylation sites (N-methyl/N-ethyl adjacent to an activating group) is 1. The van der Waals surface area contributed by atoms with Crippen LogP contribution in [0, 0.1) is 13.8 Å². The van der Waals surface area contributed by atoms with Crippen molar-refractivity contribution in [2.45, 2.75) is 39.7 Å². The number of nitrogens with zero attached hydrogens (tertiary/aromatic N) is 2. The Balaban J connectivity index is 2.36. The first kappa shape index (κ1) is 25.4. The molecule has 0 bridgehead atoms. The number of benzene rings is 2. The maximum atomic E-state index is 13.4. The third kappa shape index (κ3) is 6.56. The van der Waals surface area contributed by atoms with Crippen LogP contribution < -0.4 is 9.62 Å². The van der Waals surface area contributed by atoms with Crippen LogP contribution in [-0.4, -0.2) is 57.6 Å². The number of amides is 2. The molecule has 2 rings (SSSR count). The molecular formula is C24H33N3O4S. The van der Waals surface area contributed by atoms with E-state index in [1.54, 1.807) is 12.1 Å². The fourth-order valence-electron chi connectivity index (χ4n) is 3.56. The fourth-order valence-corrected chi connectivity index (χ4v) is 4.40. The molecular weight excluding hydrogens is 426 g/mol. The molecule has 7 nitrogen and oxygen atoms in total. The lowest BCUT2D eigenvalue weighted by Gasteiger charge is -2.32. The minimum atomic E-state index is -3.72. The second-order valence-corrected chi connectivity index (χ2v) is 9.81. The Morgan fingerprint density at radius 2 is 1.69 bits per heavy atom. The summed E-state index contributed by atoms with van der Waals surface area (Å²) in [7, 11) is -2.19. The van der Waals surface area contributed by atoms with Gasteiger partial charge in [0.05, 0.1) is 11.9 Å². The van der Waals surface area contributed by atoms with Crippen LogP contribution >= 0.6 is 0 Å². The highest BCUT2D eigenvalue weighted by molar-refractivity contribution is 7.92. The Kier molecular flexibility index (Phi) is 8.83. The van der Waals surface area contributed by atoms with Gasteiger partial charge in [0.15, 0.2) is 0 Å².